The highest BCUT2D eigenvalue weighted by Crippen LogP contribution is 2.31. The molecule has 44 heavy (non-hydrogen) atoms. The lowest BCUT2D eigenvalue weighted by molar-refractivity contribution is -0.143. The molecule has 4 aromatic rings. The van der Waals surface area contributed by atoms with E-state index in [2.05, 4.69) is 10.3 Å². The van der Waals surface area contributed by atoms with Crippen molar-refractivity contribution in [1.29, 1.82) is 0 Å². The van der Waals surface area contributed by atoms with Crippen LogP contribution in [0.2, 0.25) is 0 Å². The zero-order chi connectivity index (χ0) is 31.1. The van der Waals surface area contributed by atoms with E-state index in [0.717, 1.165) is 4.31 Å². The van der Waals surface area contributed by atoms with Gasteiger partial charge in [-0.25, -0.2) is 8.42 Å². The van der Waals surface area contributed by atoms with Gasteiger partial charge in [-0.1, -0.05) is 12.1 Å². The average molecular weight is 622 g/mol. The monoisotopic (exact) mass is 621 g/mol. The number of carbonyl (C=O) groups excluding carboxylic acids is 1. The number of nitrogens with one attached hydrogen (secondary N) is 1. The largest absolute Gasteiger partial charge is 0.497 e. The second-order valence-electron chi connectivity index (χ2n) is 9.81. The number of hydrogen-bond donors (Lipinski definition) is 2. The van der Waals surface area contributed by atoms with Gasteiger partial charge in [0.25, 0.3) is 5.91 Å². The number of hydrogen-bond acceptors (Lipinski definition) is 10. The van der Waals surface area contributed by atoms with Crippen LogP contribution in [0.5, 0.6) is 5.75 Å². The quantitative estimate of drug-likeness (QED) is 0.241. The Balaban J connectivity index is 1.35. The van der Waals surface area contributed by atoms with Gasteiger partial charge >= 0.3 is 0 Å². The molecule has 1 amide bonds. The first-order chi connectivity index (χ1) is 21.3. The molecule has 0 aliphatic carbocycles. The van der Waals surface area contributed by atoms with Crippen molar-refractivity contribution < 1.29 is 36.9 Å². The first-order valence-electron chi connectivity index (χ1n) is 13.8. The Kier molecular flexibility index (Phi) is 9.70. The average Bonchev–Trinajstić information content (AvgIpc) is 3.05. The number of amides is 1. The molecule has 1 aliphatic rings. The lowest BCUT2D eigenvalue weighted by Crippen LogP contribution is -2.38. The van der Waals surface area contributed by atoms with E-state index in [1.54, 1.807) is 48.7 Å². The number of fused-ring (bicyclic) bond motifs is 1. The molecular weight excluding hydrogens is 590 g/mol. The second-order valence-corrected chi connectivity index (χ2v) is 11.7. The molecule has 0 unspecified atom stereocenters. The molecule has 12 nitrogen and oxygen atoms in total. The maximum Gasteiger partial charge on any atom is 0.290 e. The molecule has 2 atom stereocenters. The van der Waals surface area contributed by atoms with Gasteiger partial charge in [0.1, 0.15) is 11.3 Å². The molecule has 0 saturated carbocycles. The van der Waals surface area contributed by atoms with Gasteiger partial charge in [0.2, 0.25) is 16.3 Å². The van der Waals surface area contributed by atoms with Gasteiger partial charge < -0.3 is 29.1 Å². The number of pyridine rings is 1. The van der Waals surface area contributed by atoms with Gasteiger partial charge in [0, 0.05) is 37.2 Å². The summed E-state index contributed by atoms with van der Waals surface area (Å²) in [4.78, 5) is 30.6. The molecule has 2 aromatic carbocycles. The third kappa shape index (κ3) is 6.97. The first kappa shape index (κ1) is 30.9. The van der Waals surface area contributed by atoms with Crippen molar-refractivity contribution in [3.63, 3.8) is 0 Å². The maximum absolute atomic E-state index is 13.4. The fraction of sp³-hybridized carbons (Fsp3) is 0.258. The van der Waals surface area contributed by atoms with Crippen LogP contribution in [0, 0.1) is 0 Å². The number of methoxy groups -OCH3 is 1. The van der Waals surface area contributed by atoms with Crippen LogP contribution in [-0.2, 0) is 24.3 Å². The first-order valence-corrected chi connectivity index (χ1v) is 15.2. The SMILES string of the molecule is COc1ccc(S(=O)(=O)N(CCO)CCO[C@@H]2C[C@H](c3coc4ccccc4c3=O)C=C(C(=O)Nc3cccnc3)O2)cc1. The van der Waals surface area contributed by atoms with Crippen LogP contribution >= 0.6 is 0 Å². The summed E-state index contributed by atoms with van der Waals surface area (Å²) in [7, 11) is -2.49. The summed E-state index contributed by atoms with van der Waals surface area (Å²) in [5.74, 6) is -0.770. The Labute approximate surface area is 253 Å². The second kappa shape index (κ2) is 13.8. The molecule has 2 aromatic heterocycles. The van der Waals surface area contributed by atoms with Crippen molar-refractivity contribution >= 4 is 32.6 Å². The molecular formula is C31H31N3O9S. The minimum Gasteiger partial charge on any atom is -0.497 e. The third-order valence-electron chi connectivity index (χ3n) is 7.00. The summed E-state index contributed by atoms with van der Waals surface area (Å²) < 4.78 is 50.3. The molecule has 5 rings (SSSR count). The molecule has 1 aliphatic heterocycles. The van der Waals surface area contributed by atoms with Crippen LogP contribution in [0.25, 0.3) is 11.0 Å². The number of carbonyl (C=O) groups is 1. The molecule has 0 fully saturated rings. The van der Waals surface area contributed by atoms with Crippen molar-refractivity contribution in [2.45, 2.75) is 23.5 Å². The van der Waals surface area contributed by atoms with Crippen molar-refractivity contribution in [2.24, 2.45) is 0 Å². The number of aliphatic hydroxyl groups excluding tert-OH is 1. The van der Waals surface area contributed by atoms with Crippen LogP contribution in [-0.4, -0.2) is 68.4 Å². The van der Waals surface area contributed by atoms with Crippen LogP contribution in [0.15, 0.2) is 105 Å². The Morgan fingerprint density at radius 3 is 2.64 bits per heavy atom. The number of aliphatic hydroxyl groups is 1. The summed E-state index contributed by atoms with van der Waals surface area (Å²) in [5, 5.41) is 12.7. The number of rotatable bonds is 12. The van der Waals surface area contributed by atoms with E-state index in [4.69, 9.17) is 18.6 Å². The predicted molar refractivity (Wildman–Crippen MR) is 160 cm³/mol. The number of anilines is 1. The molecule has 0 saturated heterocycles. The number of benzene rings is 2. The van der Waals surface area contributed by atoms with Crippen molar-refractivity contribution in [2.75, 3.05) is 38.7 Å². The highest BCUT2D eigenvalue weighted by Gasteiger charge is 2.32. The molecule has 3 heterocycles. The van der Waals surface area contributed by atoms with E-state index in [-0.39, 0.29) is 42.2 Å². The minimum absolute atomic E-state index is 0.0288. The Morgan fingerprint density at radius 2 is 1.91 bits per heavy atom. The zero-order valence-corrected chi connectivity index (χ0v) is 24.6. The van der Waals surface area contributed by atoms with Gasteiger partial charge in [-0.15, -0.1) is 0 Å². The number of aromatic nitrogens is 1. The summed E-state index contributed by atoms with van der Waals surface area (Å²) in [5.41, 5.74) is 0.939. The van der Waals surface area contributed by atoms with E-state index in [1.807, 2.05) is 0 Å². The van der Waals surface area contributed by atoms with Gasteiger partial charge in [0.15, 0.2) is 11.2 Å². The lowest BCUT2D eigenvalue weighted by atomic mass is 9.93. The Morgan fingerprint density at radius 1 is 1.11 bits per heavy atom. The van der Waals surface area contributed by atoms with E-state index >= 15 is 0 Å². The molecule has 230 valence electrons. The van der Waals surface area contributed by atoms with Gasteiger partial charge in [-0.3, -0.25) is 14.6 Å². The number of sulfonamides is 1. The summed E-state index contributed by atoms with van der Waals surface area (Å²) in [6.07, 6.45) is 5.10. The number of para-hydroxylation sites is 1. The van der Waals surface area contributed by atoms with Crippen LogP contribution in [0.3, 0.4) is 0 Å². The van der Waals surface area contributed by atoms with Crippen LogP contribution in [0.1, 0.15) is 17.9 Å². The molecule has 2 N–H and O–H groups in total. The Hall–Kier alpha value is -4.56. The summed E-state index contributed by atoms with van der Waals surface area (Å²) in [6.45, 7) is -0.811. The van der Waals surface area contributed by atoms with Crippen molar-refractivity contribution in [1.82, 2.24) is 9.29 Å². The fourth-order valence-electron chi connectivity index (χ4n) is 4.76. The van der Waals surface area contributed by atoms with Crippen molar-refractivity contribution in [3.8, 4) is 5.75 Å². The highest BCUT2D eigenvalue weighted by molar-refractivity contribution is 7.89. The third-order valence-corrected chi connectivity index (χ3v) is 8.91. The molecule has 13 heteroatoms. The highest BCUT2D eigenvalue weighted by atomic mass is 32.2. The minimum atomic E-state index is -3.97. The molecule has 0 spiro atoms. The summed E-state index contributed by atoms with van der Waals surface area (Å²) in [6, 6.07) is 16.1. The number of ether oxygens (including phenoxy) is 3. The molecule has 0 radical (unpaired) electrons. The van der Waals surface area contributed by atoms with E-state index < -0.39 is 34.7 Å². The van der Waals surface area contributed by atoms with Crippen LogP contribution in [0.4, 0.5) is 5.69 Å². The van der Waals surface area contributed by atoms with Crippen LogP contribution < -0.4 is 15.5 Å². The standard InChI is InChI=1S/C31H31N3O9S/c1-40-23-8-10-24(11-9-23)44(38,39)34(13-15-35)14-16-41-29-18-21(26-20-42-27-7-3-2-6-25(27)30(26)36)17-28(43-29)31(37)33-22-5-4-12-32-19-22/h2-12,17,19-21,29,35H,13-16,18H2,1H3,(H,33,37)/t21-,29+/m1/s1. The van der Waals surface area contributed by atoms with Crippen molar-refractivity contribution in [3.05, 3.63) is 107 Å². The molecule has 0 bridgehead atoms. The maximum atomic E-state index is 13.4. The number of allylic oxidation sites excluding steroid dienone is 1. The van der Waals surface area contributed by atoms with E-state index in [0.29, 0.717) is 28.0 Å². The van der Waals surface area contributed by atoms with E-state index in [9.17, 15) is 23.1 Å². The zero-order valence-electron chi connectivity index (χ0n) is 23.8. The van der Waals surface area contributed by atoms with Gasteiger partial charge in [-0.2, -0.15) is 4.31 Å². The number of nitrogens with zero attached hydrogens (tertiary/aromatic N) is 2. The lowest BCUT2D eigenvalue weighted by Gasteiger charge is -2.29. The smallest absolute Gasteiger partial charge is 0.290 e. The van der Waals surface area contributed by atoms with Gasteiger partial charge in [-0.05, 0) is 54.6 Å². The summed E-state index contributed by atoms with van der Waals surface area (Å²) >= 11 is 0. The topological polar surface area (TPSA) is 157 Å². The van der Waals surface area contributed by atoms with E-state index in [1.165, 1.54) is 43.8 Å². The predicted octanol–water partition coefficient (Wildman–Crippen LogP) is 3.25. The normalized spacial score (nSPS) is 16.8. The fourth-order valence-corrected chi connectivity index (χ4v) is 6.17. The van der Waals surface area contributed by atoms with Gasteiger partial charge in [0.05, 0.1) is 48.8 Å². The Bertz CT molecular complexity index is 1790.